The molecule has 10 heteroatoms. The molecule has 0 unspecified atom stereocenters. The molecule has 86 valence electrons. The van der Waals surface area contributed by atoms with Gasteiger partial charge in [0.25, 0.3) is 0 Å². The van der Waals surface area contributed by atoms with Crippen LogP contribution in [-0.2, 0) is 18.3 Å². The van der Waals surface area contributed by atoms with Crippen LogP contribution in [0.3, 0.4) is 0 Å². The van der Waals surface area contributed by atoms with Gasteiger partial charge < -0.3 is 5.61 Å². The van der Waals surface area contributed by atoms with E-state index in [9.17, 15) is 21.2 Å². The third kappa shape index (κ3) is 3.68. The first-order valence-electron chi connectivity index (χ1n) is 3.40. The van der Waals surface area contributed by atoms with Gasteiger partial charge in [-0.1, -0.05) is 12.1 Å². The zero-order chi connectivity index (χ0) is 11.7. The largest absolute Gasteiger partial charge is 1.00 e. The van der Waals surface area contributed by atoms with Crippen LogP contribution < -0.4 is 33.7 Å². The summed E-state index contributed by atoms with van der Waals surface area (Å²) in [6.45, 7) is 0. The van der Waals surface area contributed by atoms with Crippen molar-refractivity contribution in [3.63, 3.8) is 0 Å². The normalized spacial score (nSPS) is 11.6. The maximum Gasteiger partial charge on any atom is 1.00 e. The fourth-order valence-electron chi connectivity index (χ4n) is 0.665. The molecule has 1 rings (SSSR count). The van der Waals surface area contributed by atoms with E-state index < -0.39 is 29.9 Å². The Hall–Kier alpha value is -0.190. The Morgan fingerprint density at radius 2 is 1.69 bits per heavy atom. The maximum atomic E-state index is 12.8. The number of hydrogen-bond donors (Lipinski definition) is 1. The van der Waals surface area contributed by atoms with Gasteiger partial charge in [0.1, 0.15) is 0 Å². The van der Waals surface area contributed by atoms with Gasteiger partial charge in [-0.3, -0.25) is 4.55 Å². The van der Waals surface area contributed by atoms with Crippen LogP contribution in [0.25, 0.3) is 0 Å². The summed E-state index contributed by atoms with van der Waals surface area (Å²) in [5, 5.41) is 0. The van der Waals surface area contributed by atoms with Crippen molar-refractivity contribution in [2.75, 3.05) is 0 Å². The van der Waals surface area contributed by atoms with Gasteiger partial charge in [-0.25, -0.2) is 4.39 Å². The zero-order valence-corrected chi connectivity index (χ0v) is 11.6. The predicted molar refractivity (Wildman–Crippen MR) is 48.6 cm³/mol. The van der Waals surface area contributed by atoms with Gasteiger partial charge >= 0.3 is 47.9 Å². The Bertz CT molecular complexity index is 572. The van der Waals surface area contributed by atoms with Gasteiger partial charge in [0.05, 0.1) is 0 Å². The number of halogens is 1. The van der Waals surface area contributed by atoms with E-state index in [-0.39, 0.29) is 31.0 Å². The van der Waals surface area contributed by atoms with E-state index in [1.807, 2.05) is 0 Å². The summed E-state index contributed by atoms with van der Waals surface area (Å²) in [5.74, 6) is -1.88. The molecule has 0 radical (unpaired) electrons. The molecule has 0 bridgehead atoms. The van der Waals surface area contributed by atoms with Gasteiger partial charge in [-0.2, -0.15) is 16.8 Å². The molecular weight excluding hydrogens is 274 g/mol. The van der Waals surface area contributed by atoms with Crippen molar-refractivity contribution in [2.24, 2.45) is 0 Å². The van der Waals surface area contributed by atoms with E-state index in [1.165, 1.54) is 12.1 Å². The van der Waals surface area contributed by atoms with Crippen molar-refractivity contribution in [3.8, 4) is 5.75 Å². The topological polar surface area (TPSA) is 97.7 Å². The van der Waals surface area contributed by atoms with Gasteiger partial charge in [-0.05, 0) is 12.1 Å². The summed E-state index contributed by atoms with van der Waals surface area (Å²) >= 11 is 0. The molecule has 0 aromatic heterocycles. The maximum absolute atomic E-state index is 12.8. The Morgan fingerprint density at radius 3 is 2.12 bits per heavy atom. The monoisotopic (exact) mass is 280 g/mol. The van der Waals surface area contributed by atoms with Crippen LogP contribution in [-0.4, -0.2) is 21.4 Å². The molecule has 0 saturated heterocycles. The Balaban J connectivity index is 0. The summed E-state index contributed by atoms with van der Waals surface area (Å²) in [6.07, 6.45) is 0. The van der Waals surface area contributed by atoms with Crippen LogP contribution in [0.1, 0.15) is 1.43 Å². The second-order valence-corrected chi connectivity index (χ2v) is 6.68. The van der Waals surface area contributed by atoms with E-state index in [0.29, 0.717) is 0 Å². The zero-order valence-electron chi connectivity index (χ0n) is 8.99. The number of benzene rings is 1. The second kappa shape index (κ2) is 5.43. The molecule has 1 aromatic rings. The Kier molecular flexibility index (Phi) is 5.36. The summed E-state index contributed by atoms with van der Waals surface area (Å²) in [4.78, 5) is 0. The van der Waals surface area contributed by atoms with Crippen LogP contribution >= 0.6 is 0 Å². The van der Waals surface area contributed by atoms with Crippen molar-refractivity contribution >= 4 is 18.3 Å². The van der Waals surface area contributed by atoms with E-state index in [0.717, 1.165) is 12.1 Å². The quantitative estimate of drug-likeness (QED) is 0.372. The molecule has 0 fully saturated rings. The summed E-state index contributed by atoms with van der Waals surface area (Å²) in [6, 6.07) is 4.26. The average molecular weight is 280 g/mol. The molecule has 0 heterocycles. The molecular formula is C6H6FNaO6S2. The van der Waals surface area contributed by atoms with E-state index in [4.69, 9.17) is 4.55 Å². The van der Waals surface area contributed by atoms with Crippen molar-refractivity contribution in [3.05, 3.63) is 30.1 Å². The molecule has 1 N–H and O–H groups in total. The van der Waals surface area contributed by atoms with Gasteiger partial charge in [0.15, 0.2) is 11.6 Å². The summed E-state index contributed by atoms with van der Waals surface area (Å²) in [5.41, 5.74) is 0. The van der Waals surface area contributed by atoms with Gasteiger partial charge in [0, 0.05) is 0 Å². The third-order valence-electron chi connectivity index (χ3n) is 1.29. The molecule has 0 aliphatic rings. The number of hydrogen-bond acceptors (Lipinski definition) is 5. The third-order valence-corrected chi connectivity index (χ3v) is 3.94. The average Bonchev–Trinajstić information content (AvgIpc) is 2.06. The number of para-hydroxylation sites is 1. The first-order chi connectivity index (χ1) is 6.74. The van der Waals surface area contributed by atoms with Crippen molar-refractivity contribution in [1.82, 2.24) is 0 Å². The SMILES string of the molecule is O=S(=O)(O)S(=O)(=O)Oc1ccccc1F.[H-].[Na+]. The Morgan fingerprint density at radius 1 is 1.19 bits per heavy atom. The molecule has 0 spiro atoms. The Labute approximate surface area is 114 Å². The van der Waals surface area contributed by atoms with Gasteiger partial charge in [0.2, 0.25) is 0 Å². The van der Waals surface area contributed by atoms with E-state index in [2.05, 4.69) is 4.18 Å². The van der Waals surface area contributed by atoms with E-state index >= 15 is 0 Å². The van der Waals surface area contributed by atoms with Crippen molar-refractivity contribution in [2.45, 2.75) is 0 Å². The molecule has 0 aliphatic carbocycles. The van der Waals surface area contributed by atoms with Crippen LogP contribution in [0.2, 0.25) is 0 Å². The fourth-order valence-corrected chi connectivity index (χ4v) is 1.58. The van der Waals surface area contributed by atoms with Crippen LogP contribution in [0.15, 0.2) is 24.3 Å². The van der Waals surface area contributed by atoms with Crippen LogP contribution in [0.5, 0.6) is 5.75 Å². The minimum absolute atomic E-state index is 0. The molecule has 6 nitrogen and oxygen atoms in total. The molecule has 0 atom stereocenters. The molecule has 1 aromatic carbocycles. The van der Waals surface area contributed by atoms with Crippen LogP contribution in [0, 0.1) is 5.82 Å². The molecule has 0 aliphatic heterocycles. The van der Waals surface area contributed by atoms with Crippen molar-refractivity contribution < 1.29 is 60.9 Å². The fraction of sp³-hybridized carbons (Fsp3) is 0. The van der Waals surface area contributed by atoms with Crippen molar-refractivity contribution in [1.29, 1.82) is 0 Å². The minimum Gasteiger partial charge on any atom is -1.00 e. The first kappa shape index (κ1) is 15.8. The number of rotatable bonds is 3. The molecule has 0 saturated carbocycles. The summed E-state index contributed by atoms with van der Waals surface area (Å²) < 4.78 is 67.0. The standard InChI is InChI=1S/C6H5FO6S2.Na.H/c7-5-3-1-2-4-6(5)13-15(11,12)14(8,9)10;;/h1-4H,(H,8,9,10);;/q;+1;-1. The van der Waals surface area contributed by atoms with Gasteiger partial charge in [-0.15, -0.1) is 0 Å². The molecule has 16 heavy (non-hydrogen) atoms. The minimum atomic E-state index is -5.43. The second-order valence-electron chi connectivity index (χ2n) is 2.35. The smallest absolute Gasteiger partial charge is 1.00 e. The first-order valence-corrected chi connectivity index (χ1v) is 6.77. The predicted octanol–water partition coefficient (Wildman–Crippen LogP) is -2.55. The summed E-state index contributed by atoms with van der Waals surface area (Å²) in [7, 11) is -10.7. The van der Waals surface area contributed by atoms with E-state index in [1.54, 1.807) is 0 Å². The van der Waals surface area contributed by atoms with Crippen LogP contribution in [0.4, 0.5) is 4.39 Å². The molecule has 0 amide bonds.